The van der Waals surface area contributed by atoms with E-state index in [1.165, 1.54) is 12.1 Å². The zero-order valence-corrected chi connectivity index (χ0v) is 8.20. The van der Waals surface area contributed by atoms with Gasteiger partial charge in [0.2, 0.25) is 0 Å². The maximum absolute atomic E-state index is 13.3. The van der Waals surface area contributed by atoms with Crippen molar-refractivity contribution in [1.29, 1.82) is 5.26 Å². The number of halogens is 1. The number of rotatable bonds is 3. The largest absolute Gasteiger partial charge is 0.206 e. The van der Waals surface area contributed by atoms with Crippen LogP contribution in [0.15, 0.2) is 49.6 Å². The molecule has 1 nitrogen and oxygen atoms in total. The van der Waals surface area contributed by atoms with Crippen LogP contribution in [0.4, 0.5) is 4.39 Å². The first-order valence-corrected chi connectivity index (χ1v) is 4.38. The minimum absolute atomic E-state index is 0.0424. The lowest BCUT2D eigenvalue weighted by Crippen LogP contribution is -1.87. The Bertz CT molecular complexity index is 464. The summed E-state index contributed by atoms with van der Waals surface area (Å²) in [6, 6.07) is 6.21. The monoisotopic (exact) mass is 199 g/mol. The Kier molecular flexibility index (Phi) is 3.59. The summed E-state index contributed by atoms with van der Waals surface area (Å²) in [7, 11) is 0. The van der Waals surface area contributed by atoms with E-state index in [1.807, 2.05) is 0 Å². The maximum Gasteiger partial charge on any atom is 0.141 e. The average Bonchev–Trinajstić information content (AvgIpc) is 2.25. The second-order valence-electron chi connectivity index (χ2n) is 2.87. The van der Waals surface area contributed by atoms with Crippen LogP contribution in [0, 0.1) is 17.1 Å². The molecule has 0 amide bonds. The molecule has 2 heteroatoms. The molecule has 0 spiro atoms. The van der Waals surface area contributed by atoms with Crippen LogP contribution in [-0.4, -0.2) is 0 Å². The SMILES string of the molecule is C=C/C=C(\C=C)c1ccc(C#N)c(F)c1. The first-order chi connectivity index (χ1) is 7.22. The van der Waals surface area contributed by atoms with Gasteiger partial charge in [-0.25, -0.2) is 4.39 Å². The molecule has 0 aliphatic heterocycles. The van der Waals surface area contributed by atoms with Crippen molar-refractivity contribution in [2.24, 2.45) is 0 Å². The van der Waals surface area contributed by atoms with Gasteiger partial charge in [-0.1, -0.05) is 37.5 Å². The lowest BCUT2D eigenvalue weighted by Gasteiger charge is -2.02. The highest BCUT2D eigenvalue weighted by atomic mass is 19.1. The summed E-state index contributed by atoms with van der Waals surface area (Å²) in [6.07, 6.45) is 4.95. The van der Waals surface area contributed by atoms with E-state index in [0.29, 0.717) is 5.56 Å². The molecule has 0 unspecified atom stereocenters. The third-order valence-electron chi connectivity index (χ3n) is 1.94. The summed E-state index contributed by atoms with van der Waals surface area (Å²) >= 11 is 0. The molecule has 0 N–H and O–H groups in total. The summed E-state index contributed by atoms with van der Waals surface area (Å²) in [4.78, 5) is 0. The molecule has 0 radical (unpaired) electrons. The normalized spacial score (nSPS) is 10.5. The summed E-state index contributed by atoms with van der Waals surface area (Å²) in [5.74, 6) is -0.521. The van der Waals surface area contributed by atoms with Gasteiger partial charge in [-0.05, 0) is 23.3 Å². The van der Waals surface area contributed by atoms with Crippen LogP contribution in [0.2, 0.25) is 0 Å². The average molecular weight is 199 g/mol. The Labute approximate surface area is 88.5 Å². The van der Waals surface area contributed by atoms with Gasteiger partial charge in [0.25, 0.3) is 0 Å². The quantitative estimate of drug-likeness (QED) is 0.684. The maximum atomic E-state index is 13.3. The fraction of sp³-hybridized carbons (Fsp3) is 0. The third-order valence-corrected chi connectivity index (χ3v) is 1.94. The zero-order chi connectivity index (χ0) is 11.3. The fourth-order valence-electron chi connectivity index (χ4n) is 1.19. The molecule has 0 aliphatic rings. The van der Waals surface area contributed by atoms with Gasteiger partial charge in [0, 0.05) is 0 Å². The molecule has 0 fully saturated rings. The number of hydrogen-bond donors (Lipinski definition) is 0. The molecule has 0 aromatic heterocycles. The summed E-state index contributed by atoms with van der Waals surface area (Å²) < 4.78 is 13.3. The molecule has 0 atom stereocenters. The second kappa shape index (κ2) is 4.92. The van der Waals surface area contributed by atoms with Gasteiger partial charge in [-0.3, -0.25) is 0 Å². The van der Waals surface area contributed by atoms with Crippen LogP contribution < -0.4 is 0 Å². The van der Waals surface area contributed by atoms with Gasteiger partial charge in [-0.15, -0.1) is 0 Å². The second-order valence-corrected chi connectivity index (χ2v) is 2.87. The number of nitriles is 1. The minimum Gasteiger partial charge on any atom is -0.206 e. The third kappa shape index (κ3) is 2.41. The van der Waals surface area contributed by atoms with E-state index in [9.17, 15) is 4.39 Å². The van der Waals surface area contributed by atoms with Crippen molar-refractivity contribution in [2.45, 2.75) is 0 Å². The van der Waals surface area contributed by atoms with Crippen LogP contribution in [0.25, 0.3) is 5.57 Å². The van der Waals surface area contributed by atoms with E-state index in [1.54, 1.807) is 30.4 Å². The van der Waals surface area contributed by atoms with Crippen molar-refractivity contribution in [3.8, 4) is 6.07 Å². The van der Waals surface area contributed by atoms with Crippen LogP contribution >= 0.6 is 0 Å². The molecule has 0 saturated carbocycles. The van der Waals surface area contributed by atoms with Crippen molar-refractivity contribution >= 4 is 5.57 Å². The minimum atomic E-state index is -0.521. The molecule has 0 heterocycles. The predicted octanol–water partition coefficient (Wildman–Crippen LogP) is 3.45. The highest BCUT2D eigenvalue weighted by Gasteiger charge is 2.03. The lowest BCUT2D eigenvalue weighted by molar-refractivity contribution is 0.623. The van der Waals surface area contributed by atoms with Gasteiger partial charge in [0.15, 0.2) is 0 Å². The first kappa shape index (κ1) is 10.9. The van der Waals surface area contributed by atoms with E-state index in [2.05, 4.69) is 13.2 Å². The Morgan fingerprint density at radius 2 is 2.13 bits per heavy atom. The Balaban J connectivity index is 3.23. The van der Waals surface area contributed by atoms with E-state index in [4.69, 9.17) is 5.26 Å². The van der Waals surface area contributed by atoms with E-state index < -0.39 is 5.82 Å². The molecule has 0 aliphatic carbocycles. The van der Waals surface area contributed by atoms with Crippen LogP contribution in [-0.2, 0) is 0 Å². The standard InChI is InChI=1S/C13H10FN/c1-3-5-10(4-2)11-6-7-12(9-15)13(14)8-11/h3-8H,1-2H2/b10-5+. The first-order valence-electron chi connectivity index (χ1n) is 4.38. The molecular weight excluding hydrogens is 189 g/mol. The van der Waals surface area contributed by atoms with E-state index >= 15 is 0 Å². The molecule has 1 aromatic rings. The zero-order valence-electron chi connectivity index (χ0n) is 8.20. The van der Waals surface area contributed by atoms with Crippen LogP contribution in [0.1, 0.15) is 11.1 Å². The van der Waals surface area contributed by atoms with Gasteiger partial charge in [0.05, 0.1) is 5.56 Å². The van der Waals surface area contributed by atoms with Gasteiger partial charge in [-0.2, -0.15) is 5.26 Å². The highest BCUT2D eigenvalue weighted by Crippen LogP contribution is 2.18. The number of nitrogens with zero attached hydrogens (tertiary/aromatic N) is 1. The number of hydrogen-bond acceptors (Lipinski definition) is 1. The smallest absolute Gasteiger partial charge is 0.141 e. The van der Waals surface area contributed by atoms with E-state index in [-0.39, 0.29) is 5.56 Å². The van der Waals surface area contributed by atoms with Crippen molar-refractivity contribution in [3.63, 3.8) is 0 Å². The Hall–Kier alpha value is -2.14. The van der Waals surface area contributed by atoms with Crippen molar-refractivity contribution in [1.82, 2.24) is 0 Å². The summed E-state index contributed by atoms with van der Waals surface area (Å²) in [6.45, 7) is 7.18. The van der Waals surface area contributed by atoms with Gasteiger partial charge < -0.3 is 0 Å². The number of allylic oxidation sites excluding steroid dienone is 4. The highest BCUT2D eigenvalue weighted by molar-refractivity contribution is 5.74. The Morgan fingerprint density at radius 3 is 2.60 bits per heavy atom. The fourth-order valence-corrected chi connectivity index (χ4v) is 1.19. The molecule has 1 rings (SSSR count). The van der Waals surface area contributed by atoms with Crippen LogP contribution in [0.3, 0.4) is 0 Å². The van der Waals surface area contributed by atoms with Gasteiger partial charge >= 0.3 is 0 Å². The molecular formula is C13H10FN. The molecule has 15 heavy (non-hydrogen) atoms. The topological polar surface area (TPSA) is 23.8 Å². The molecule has 0 saturated heterocycles. The van der Waals surface area contributed by atoms with Crippen molar-refractivity contribution in [3.05, 3.63) is 66.5 Å². The Morgan fingerprint density at radius 1 is 1.40 bits per heavy atom. The predicted molar refractivity (Wildman–Crippen MR) is 59.5 cm³/mol. The molecule has 0 bridgehead atoms. The summed E-state index contributed by atoms with van der Waals surface area (Å²) in [5, 5.41) is 8.57. The lowest BCUT2D eigenvalue weighted by atomic mass is 10.0. The summed E-state index contributed by atoms with van der Waals surface area (Å²) in [5.41, 5.74) is 1.50. The van der Waals surface area contributed by atoms with E-state index in [0.717, 1.165) is 5.57 Å². The van der Waals surface area contributed by atoms with Gasteiger partial charge in [0.1, 0.15) is 11.9 Å². The van der Waals surface area contributed by atoms with Crippen molar-refractivity contribution in [2.75, 3.05) is 0 Å². The van der Waals surface area contributed by atoms with Crippen molar-refractivity contribution < 1.29 is 4.39 Å². The molecule has 1 aromatic carbocycles. The number of benzene rings is 1. The molecule has 74 valence electrons. The van der Waals surface area contributed by atoms with Crippen LogP contribution in [0.5, 0.6) is 0 Å².